The Morgan fingerprint density at radius 2 is 1.90 bits per heavy atom. The molecule has 0 aliphatic heterocycles. The standard InChI is InChI=1S/C10H10F4N2O3S/c11-7-3-1-2-6(9(15)17)8(7)20(18,19)16-5-4-10(12,13)14/h1-3,16H,4-5H2,(H2,15,17). The highest BCUT2D eigenvalue weighted by Gasteiger charge is 2.29. The maximum atomic E-state index is 13.5. The van der Waals surface area contributed by atoms with Crippen LogP contribution in [0.1, 0.15) is 16.8 Å². The Morgan fingerprint density at radius 1 is 1.30 bits per heavy atom. The van der Waals surface area contributed by atoms with E-state index >= 15 is 0 Å². The molecule has 20 heavy (non-hydrogen) atoms. The van der Waals surface area contributed by atoms with Crippen molar-refractivity contribution in [2.24, 2.45) is 5.73 Å². The molecule has 10 heteroatoms. The number of nitrogens with one attached hydrogen (secondary N) is 1. The number of hydrogen-bond donors (Lipinski definition) is 2. The number of halogens is 4. The molecular formula is C10H10F4N2O3S. The smallest absolute Gasteiger partial charge is 0.366 e. The van der Waals surface area contributed by atoms with Crippen LogP contribution in [0.2, 0.25) is 0 Å². The number of amides is 1. The zero-order valence-electron chi connectivity index (χ0n) is 9.87. The van der Waals surface area contributed by atoms with E-state index in [1.165, 1.54) is 0 Å². The molecule has 1 amide bonds. The van der Waals surface area contributed by atoms with E-state index in [4.69, 9.17) is 5.73 Å². The van der Waals surface area contributed by atoms with Crippen LogP contribution in [0, 0.1) is 5.82 Å². The van der Waals surface area contributed by atoms with Gasteiger partial charge in [-0.25, -0.2) is 17.5 Å². The highest BCUT2D eigenvalue weighted by molar-refractivity contribution is 7.89. The van der Waals surface area contributed by atoms with Gasteiger partial charge in [0, 0.05) is 6.54 Å². The first kappa shape index (κ1) is 16.4. The number of alkyl halides is 3. The van der Waals surface area contributed by atoms with E-state index < -0.39 is 51.3 Å². The van der Waals surface area contributed by atoms with Gasteiger partial charge in [0.15, 0.2) is 0 Å². The Labute approximate surface area is 111 Å². The van der Waals surface area contributed by atoms with Gasteiger partial charge in [0.05, 0.1) is 12.0 Å². The van der Waals surface area contributed by atoms with Crippen LogP contribution in [0.4, 0.5) is 17.6 Å². The van der Waals surface area contributed by atoms with Crippen LogP contribution in [0.3, 0.4) is 0 Å². The topological polar surface area (TPSA) is 89.3 Å². The molecule has 0 heterocycles. The Balaban J connectivity index is 3.07. The lowest BCUT2D eigenvalue weighted by Crippen LogP contribution is -2.30. The Kier molecular flexibility index (Phi) is 4.71. The van der Waals surface area contributed by atoms with Gasteiger partial charge < -0.3 is 5.73 Å². The van der Waals surface area contributed by atoms with Crippen molar-refractivity contribution in [3.05, 3.63) is 29.6 Å². The van der Waals surface area contributed by atoms with E-state index in [-0.39, 0.29) is 0 Å². The zero-order valence-corrected chi connectivity index (χ0v) is 10.7. The van der Waals surface area contributed by atoms with Gasteiger partial charge in [-0.1, -0.05) is 6.07 Å². The summed E-state index contributed by atoms with van der Waals surface area (Å²) in [6.45, 7) is -0.974. The molecule has 5 nitrogen and oxygen atoms in total. The van der Waals surface area contributed by atoms with Gasteiger partial charge in [0.25, 0.3) is 0 Å². The lowest BCUT2D eigenvalue weighted by molar-refractivity contribution is -0.132. The SMILES string of the molecule is NC(=O)c1cccc(F)c1S(=O)(=O)NCCC(F)(F)F. The lowest BCUT2D eigenvalue weighted by Gasteiger charge is -2.11. The van der Waals surface area contributed by atoms with Crippen molar-refractivity contribution in [3.63, 3.8) is 0 Å². The summed E-state index contributed by atoms with van der Waals surface area (Å²) in [6, 6.07) is 2.78. The fraction of sp³-hybridized carbons (Fsp3) is 0.300. The molecule has 0 radical (unpaired) electrons. The lowest BCUT2D eigenvalue weighted by atomic mass is 10.2. The molecule has 1 aromatic rings. The van der Waals surface area contributed by atoms with Crippen LogP contribution in [-0.4, -0.2) is 27.0 Å². The molecule has 0 atom stereocenters. The van der Waals surface area contributed by atoms with Gasteiger partial charge in [0.1, 0.15) is 10.7 Å². The van der Waals surface area contributed by atoms with E-state index in [0.717, 1.165) is 18.2 Å². The van der Waals surface area contributed by atoms with Crippen molar-refractivity contribution in [2.45, 2.75) is 17.5 Å². The van der Waals surface area contributed by atoms with Crippen LogP contribution in [-0.2, 0) is 10.0 Å². The van der Waals surface area contributed by atoms with Gasteiger partial charge in [0.2, 0.25) is 15.9 Å². The molecule has 0 spiro atoms. The molecule has 0 bridgehead atoms. The minimum absolute atomic E-state index is 0.635. The predicted molar refractivity (Wildman–Crippen MR) is 60.8 cm³/mol. The maximum Gasteiger partial charge on any atom is 0.390 e. The summed E-state index contributed by atoms with van der Waals surface area (Å²) < 4.78 is 74.4. The summed E-state index contributed by atoms with van der Waals surface area (Å²) in [6.07, 6.45) is -5.99. The van der Waals surface area contributed by atoms with Crippen molar-refractivity contribution >= 4 is 15.9 Å². The predicted octanol–water partition coefficient (Wildman–Crippen LogP) is 1.16. The quantitative estimate of drug-likeness (QED) is 0.799. The number of nitrogens with two attached hydrogens (primary N) is 1. The second kappa shape index (κ2) is 5.75. The van der Waals surface area contributed by atoms with Crippen molar-refractivity contribution in [1.82, 2.24) is 4.72 Å². The summed E-state index contributed by atoms with van der Waals surface area (Å²) in [4.78, 5) is 9.98. The Bertz CT molecular complexity index is 613. The third-order valence-corrected chi connectivity index (χ3v) is 3.74. The van der Waals surface area contributed by atoms with Crippen LogP contribution in [0.5, 0.6) is 0 Å². The van der Waals surface area contributed by atoms with Gasteiger partial charge in [-0.15, -0.1) is 0 Å². The first-order valence-corrected chi connectivity index (χ1v) is 6.67. The number of rotatable bonds is 5. The third kappa shape index (κ3) is 4.17. The molecule has 3 N–H and O–H groups in total. The average Bonchev–Trinajstić information content (AvgIpc) is 2.25. The number of sulfonamides is 1. The molecule has 0 saturated carbocycles. The third-order valence-electron chi connectivity index (χ3n) is 2.20. The highest BCUT2D eigenvalue weighted by atomic mass is 32.2. The zero-order chi connectivity index (χ0) is 15.6. The number of hydrogen-bond acceptors (Lipinski definition) is 3. The van der Waals surface area contributed by atoms with Gasteiger partial charge >= 0.3 is 6.18 Å². The largest absolute Gasteiger partial charge is 0.390 e. The first-order chi connectivity index (χ1) is 9.04. The molecular weight excluding hydrogens is 304 g/mol. The average molecular weight is 314 g/mol. The fourth-order valence-corrected chi connectivity index (χ4v) is 2.67. The maximum absolute atomic E-state index is 13.5. The van der Waals surface area contributed by atoms with Crippen molar-refractivity contribution in [3.8, 4) is 0 Å². The van der Waals surface area contributed by atoms with Crippen molar-refractivity contribution < 1.29 is 30.8 Å². The molecule has 0 saturated heterocycles. The monoisotopic (exact) mass is 314 g/mol. The fourth-order valence-electron chi connectivity index (χ4n) is 1.38. The Morgan fingerprint density at radius 3 is 2.40 bits per heavy atom. The highest BCUT2D eigenvalue weighted by Crippen LogP contribution is 2.21. The normalized spacial score (nSPS) is 12.4. The summed E-state index contributed by atoms with van der Waals surface area (Å²) in [5.41, 5.74) is 4.27. The van der Waals surface area contributed by atoms with Crippen LogP contribution in [0.25, 0.3) is 0 Å². The van der Waals surface area contributed by atoms with Gasteiger partial charge in [-0.2, -0.15) is 13.2 Å². The minimum Gasteiger partial charge on any atom is -0.366 e. The van der Waals surface area contributed by atoms with Crippen LogP contribution < -0.4 is 10.5 Å². The van der Waals surface area contributed by atoms with E-state index in [9.17, 15) is 30.8 Å². The molecule has 112 valence electrons. The van der Waals surface area contributed by atoms with Crippen molar-refractivity contribution in [1.29, 1.82) is 0 Å². The van der Waals surface area contributed by atoms with E-state index in [0.29, 0.717) is 0 Å². The minimum atomic E-state index is -4.61. The summed E-state index contributed by atoms with van der Waals surface area (Å²) in [7, 11) is -4.61. The van der Waals surface area contributed by atoms with E-state index in [1.54, 1.807) is 4.72 Å². The number of primary amides is 1. The van der Waals surface area contributed by atoms with Crippen LogP contribution in [0.15, 0.2) is 23.1 Å². The van der Waals surface area contributed by atoms with Gasteiger partial charge in [-0.05, 0) is 12.1 Å². The molecule has 0 unspecified atom stereocenters. The number of carbonyl (C=O) groups excluding carboxylic acids is 1. The number of carbonyl (C=O) groups is 1. The summed E-state index contributed by atoms with van der Waals surface area (Å²) in [5, 5.41) is 0. The van der Waals surface area contributed by atoms with Gasteiger partial charge in [-0.3, -0.25) is 4.79 Å². The molecule has 1 rings (SSSR count). The summed E-state index contributed by atoms with van der Waals surface area (Å²) in [5.74, 6) is -2.48. The van der Waals surface area contributed by atoms with E-state index in [2.05, 4.69) is 0 Å². The first-order valence-electron chi connectivity index (χ1n) is 5.19. The van der Waals surface area contributed by atoms with Crippen LogP contribution >= 0.6 is 0 Å². The molecule has 0 aromatic heterocycles. The van der Waals surface area contributed by atoms with Crippen molar-refractivity contribution in [2.75, 3.05) is 6.54 Å². The second-order valence-corrected chi connectivity index (χ2v) is 5.45. The molecule has 0 aliphatic carbocycles. The van der Waals surface area contributed by atoms with E-state index in [1.807, 2.05) is 0 Å². The Hall–Kier alpha value is -1.68. The second-order valence-electron chi connectivity index (χ2n) is 3.74. The number of benzene rings is 1. The molecule has 0 fully saturated rings. The molecule has 1 aromatic carbocycles. The summed E-state index contributed by atoms with van der Waals surface area (Å²) >= 11 is 0. The molecule has 0 aliphatic rings.